The summed E-state index contributed by atoms with van der Waals surface area (Å²) in [6.07, 6.45) is 2.53. The van der Waals surface area contributed by atoms with E-state index in [1.807, 2.05) is 20.1 Å². The minimum absolute atomic E-state index is 0.154. The van der Waals surface area contributed by atoms with Crippen LogP contribution in [0.4, 0.5) is 0 Å². The van der Waals surface area contributed by atoms with Gasteiger partial charge in [0.05, 0.1) is 18.3 Å². The Morgan fingerprint density at radius 3 is 2.15 bits per heavy atom. The summed E-state index contributed by atoms with van der Waals surface area (Å²) in [5.41, 5.74) is 0.546. The van der Waals surface area contributed by atoms with Crippen molar-refractivity contribution in [2.75, 3.05) is 6.61 Å². The molecule has 1 fully saturated rings. The van der Waals surface area contributed by atoms with E-state index in [0.29, 0.717) is 6.61 Å². The number of ether oxygens (including phenoxy) is 2. The van der Waals surface area contributed by atoms with E-state index < -0.39 is 27.8 Å². The highest BCUT2D eigenvalue weighted by molar-refractivity contribution is 6.87. The maximum absolute atomic E-state index is 6.54. The summed E-state index contributed by atoms with van der Waals surface area (Å²) in [7, 11) is -3.40. The number of furan rings is 1. The van der Waals surface area contributed by atoms with Gasteiger partial charge in [-0.05, 0) is 44.5 Å². The Morgan fingerprint density at radius 1 is 1.11 bits per heavy atom. The maximum Gasteiger partial charge on any atom is 0.192 e. The first-order valence-electron chi connectivity index (χ1n) is 10.2. The number of hydrogen-bond acceptors (Lipinski definition) is 4. The average molecular weight is 413 g/mol. The minimum Gasteiger partial charge on any atom is -0.474 e. The second kappa shape index (κ2) is 7.13. The molecule has 27 heavy (non-hydrogen) atoms. The molecule has 0 spiro atoms. The van der Waals surface area contributed by atoms with Gasteiger partial charge in [0.15, 0.2) is 14.1 Å². The second-order valence-corrected chi connectivity index (χ2v) is 20.7. The van der Waals surface area contributed by atoms with E-state index in [1.165, 1.54) is 0 Å². The third-order valence-corrected chi connectivity index (χ3v) is 12.4. The van der Waals surface area contributed by atoms with Gasteiger partial charge in [0.1, 0.15) is 19.8 Å². The molecule has 0 radical (unpaired) electrons. The van der Waals surface area contributed by atoms with Gasteiger partial charge >= 0.3 is 0 Å². The molecule has 2 heterocycles. The Kier molecular flexibility index (Phi) is 6.04. The van der Waals surface area contributed by atoms with Gasteiger partial charge in [-0.15, -0.1) is 0 Å². The summed E-state index contributed by atoms with van der Waals surface area (Å²) in [5, 5.41) is 1.26. The zero-order valence-electron chi connectivity index (χ0n) is 19.3. The lowest BCUT2D eigenvalue weighted by Gasteiger charge is -2.38. The van der Waals surface area contributed by atoms with Crippen molar-refractivity contribution >= 4 is 21.8 Å². The molecule has 0 aromatic carbocycles. The Hall–Kier alpha value is -0.406. The highest BCUT2D eigenvalue weighted by atomic mass is 28.4. The van der Waals surface area contributed by atoms with Crippen LogP contribution in [0.2, 0.25) is 37.8 Å². The average Bonchev–Trinajstić information content (AvgIpc) is 3.06. The Morgan fingerprint density at radius 2 is 1.70 bits per heavy atom. The topological polar surface area (TPSA) is 40.8 Å². The second-order valence-electron chi connectivity index (χ2n) is 10.9. The van der Waals surface area contributed by atoms with Gasteiger partial charge < -0.3 is 18.3 Å². The highest BCUT2D eigenvalue weighted by Gasteiger charge is 2.55. The van der Waals surface area contributed by atoms with Gasteiger partial charge in [-0.2, -0.15) is 0 Å². The lowest BCUT2D eigenvalue weighted by atomic mass is 9.88. The standard InChI is InChI=1S/C21H40O4Si2/c1-12-21(16-13-18(22-14-16)26(7,8)9)17(24-20(5,6)25-21)15-23-27(10,11)19(2,3)4/h13-14,17H,12,15H2,1-11H3/t17-,21+/m1/s1. The number of hydrogen-bond donors (Lipinski definition) is 0. The first-order valence-corrected chi connectivity index (χ1v) is 16.6. The van der Waals surface area contributed by atoms with E-state index in [1.54, 1.807) is 0 Å². The highest BCUT2D eigenvalue weighted by Crippen LogP contribution is 2.47. The molecule has 1 aromatic rings. The Labute approximate surface area is 168 Å². The monoisotopic (exact) mass is 412 g/mol. The van der Waals surface area contributed by atoms with E-state index in [9.17, 15) is 0 Å². The smallest absolute Gasteiger partial charge is 0.192 e. The van der Waals surface area contributed by atoms with Crippen LogP contribution in [-0.2, 0) is 19.5 Å². The molecule has 1 aliphatic heterocycles. The zero-order chi connectivity index (χ0) is 20.9. The Balaban J connectivity index is 2.35. The van der Waals surface area contributed by atoms with E-state index in [-0.39, 0.29) is 11.1 Å². The van der Waals surface area contributed by atoms with Crippen LogP contribution in [0.25, 0.3) is 0 Å². The summed E-state index contributed by atoms with van der Waals surface area (Å²) in [6, 6.07) is 2.19. The predicted molar refractivity (Wildman–Crippen MR) is 117 cm³/mol. The fourth-order valence-electron chi connectivity index (χ4n) is 3.34. The van der Waals surface area contributed by atoms with Crippen molar-refractivity contribution in [1.82, 2.24) is 0 Å². The molecule has 1 aromatic heterocycles. The van der Waals surface area contributed by atoms with Gasteiger partial charge in [-0.25, -0.2) is 0 Å². The molecule has 0 unspecified atom stereocenters. The van der Waals surface area contributed by atoms with E-state index >= 15 is 0 Å². The van der Waals surface area contributed by atoms with Crippen molar-refractivity contribution in [3.8, 4) is 0 Å². The van der Waals surface area contributed by atoms with Crippen molar-refractivity contribution in [3.63, 3.8) is 0 Å². The molecule has 0 aliphatic carbocycles. The van der Waals surface area contributed by atoms with Crippen LogP contribution in [0.3, 0.4) is 0 Å². The first-order chi connectivity index (χ1) is 12.0. The van der Waals surface area contributed by atoms with Crippen molar-refractivity contribution in [3.05, 3.63) is 17.9 Å². The summed E-state index contributed by atoms with van der Waals surface area (Å²) < 4.78 is 25.4. The fraction of sp³-hybridized carbons (Fsp3) is 0.810. The quantitative estimate of drug-likeness (QED) is 0.570. The van der Waals surface area contributed by atoms with Crippen molar-refractivity contribution in [2.24, 2.45) is 0 Å². The van der Waals surface area contributed by atoms with Gasteiger partial charge in [0.2, 0.25) is 0 Å². The third-order valence-electron chi connectivity index (χ3n) is 6.13. The summed E-state index contributed by atoms with van der Waals surface area (Å²) in [5.74, 6) is -0.645. The summed E-state index contributed by atoms with van der Waals surface area (Å²) in [4.78, 5) is 0. The van der Waals surface area contributed by atoms with Crippen LogP contribution in [0, 0.1) is 0 Å². The van der Waals surface area contributed by atoms with E-state index in [0.717, 1.165) is 17.4 Å². The van der Waals surface area contributed by atoms with Crippen LogP contribution >= 0.6 is 0 Å². The van der Waals surface area contributed by atoms with Crippen molar-refractivity contribution in [1.29, 1.82) is 0 Å². The van der Waals surface area contributed by atoms with Crippen LogP contribution in [0.1, 0.15) is 53.5 Å². The van der Waals surface area contributed by atoms with Crippen LogP contribution in [0.5, 0.6) is 0 Å². The van der Waals surface area contributed by atoms with E-state index in [2.05, 4.69) is 66.5 Å². The molecular weight excluding hydrogens is 372 g/mol. The predicted octanol–water partition coefficient (Wildman–Crippen LogP) is 5.60. The SMILES string of the molecule is CC[C@@]1(c2coc([Si](C)(C)C)c2)OC(C)(C)O[C@@H]1CO[Si](C)(C)C(C)(C)C. The van der Waals surface area contributed by atoms with Gasteiger partial charge in [-0.3, -0.25) is 0 Å². The Bertz CT molecular complexity index is 652. The molecule has 0 N–H and O–H groups in total. The van der Waals surface area contributed by atoms with Gasteiger partial charge in [0, 0.05) is 5.56 Å². The molecule has 0 saturated carbocycles. The molecule has 4 nitrogen and oxygen atoms in total. The normalized spacial score (nSPS) is 26.6. The minimum atomic E-state index is -1.87. The maximum atomic E-state index is 6.54. The first kappa shape index (κ1) is 22.9. The molecule has 6 heteroatoms. The van der Waals surface area contributed by atoms with Crippen LogP contribution in [-0.4, -0.2) is 34.9 Å². The fourth-order valence-corrected chi connectivity index (χ4v) is 5.34. The molecule has 0 amide bonds. The molecule has 2 atom stereocenters. The largest absolute Gasteiger partial charge is 0.474 e. The lowest BCUT2D eigenvalue weighted by Crippen LogP contribution is -2.46. The molecule has 0 bridgehead atoms. The van der Waals surface area contributed by atoms with Gasteiger partial charge in [-0.1, -0.05) is 47.3 Å². The molecule has 2 rings (SSSR count). The number of rotatable bonds is 6. The summed E-state index contributed by atoms with van der Waals surface area (Å²) >= 11 is 0. The van der Waals surface area contributed by atoms with E-state index in [4.69, 9.17) is 18.3 Å². The zero-order valence-corrected chi connectivity index (χ0v) is 21.3. The van der Waals surface area contributed by atoms with Crippen LogP contribution in [0.15, 0.2) is 16.7 Å². The molecule has 1 aliphatic rings. The van der Waals surface area contributed by atoms with Crippen LogP contribution < -0.4 is 5.38 Å². The molecule has 156 valence electrons. The van der Waals surface area contributed by atoms with Crippen molar-refractivity contribution in [2.45, 2.75) is 103 Å². The molecule has 1 saturated heterocycles. The van der Waals surface area contributed by atoms with Gasteiger partial charge in [0.25, 0.3) is 0 Å². The molecular formula is C21H40O4Si2. The third kappa shape index (κ3) is 4.61. The van der Waals surface area contributed by atoms with Crippen molar-refractivity contribution < 1.29 is 18.3 Å². The summed E-state index contributed by atoms with van der Waals surface area (Å²) in [6.45, 7) is 24.9. The lowest BCUT2D eigenvalue weighted by molar-refractivity contribution is -0.166.